The zero-order valence-electron chi connectivity index (χ0n) is 16.0. The van der Waals surface area contributed by atoms with Gasteiger partial charge in [-0.1, -0.05) is 6.07 Å². The Balaban J connectivity index is 1.28. The summed E-state index contributed by atoms with van der Waals surface area (Å²) in [5, 5.41) is 3.33. The lowest BCUT2D eigenvalue weighted by Crippen LogP contribution is -2.64. The maximum atomic E-state index is 6.18. The molecule has 7 heteroatoms. The van der Waals surface area contributed by atoms with Crippen molar-refractivity contribution < 1.29 is 9.47 Å². The van der Waals surface area contributed by atoms with Gasteiger partial charge in [-0.15, -0.1) is 0 Å². The van der Waals surface area contributed by atoms with Gasteiger partial charge in [-0.2, -0.15) is 0 Å². The van der Waals surface area contributed by atoms with Crippen LogP contribution in [0.15, 0.2) is 30.7 Å². The molecular formula is C20H27N5O2. The minimum atomic E-state index is 0.00522. The molecule has 2 saturated heterocycles. The Kier molecular flexibility index (Phi) is 5.22. The fourth-order valence-electron chi connectivity index (χ4n) is 4.18. The van der Waals surface area contributed by atoms with Crippen LogP contribution in [0.4, 0.5) is 5.95 Å². The lowest BCUT2D eigenvalue weighted by Gasteiger charge is -2.50. The molecule has 4 heterocycles. The second kappa shape index (κ2) is 7.78. The summed E-state index contributed by atoms with van der Waals surface area (Å²) in [4.78, 5) is 15.3. The van der Waals surface area contributed by atoms with E-state index in [1.807, 2.05) is 25.4 Å². The molecule has 0 aliphatic carbocycles. The molecule has 0 saturated carbocycles. The topological polar surface area (TPSA) is 72.4 Å². The van der Waals surface area contributed by atoms with Crippen LogP contribution in [0.3, 0.4) is 0 Å². The molecule has 0 bridgehead atoms. The average molecular weight is 369 g/mol. The van der Waals surface area contributed by atoms with Crippen LogP contribution in [0.5, 0.6) is 5.88 Å². The van der Waals surface area contributed by atoms with E-state index >= 15 is 0 Å². The van der Waals surface area contributed by atoms with Gasteiger partial charge in [0.2, 0.25) is 11.8 Å². The number of aryl methyl sites for hydroxylation is 1. The standard InChI is InChI=1S/C20H27N5O2/c1-15-10-23-19(24-11-15)22-8-5-17-6-9-27-20(17)13-25(14-20)12-16-4-3-7-21-18(16)26-2/h3-4,7,10-11,17H,5-6,8-9,12-14H2,1-2H3,(H,22,23,24)/t17-/m0/s1. The molecule has 0 amide bonds. The summed E-state index contributed by atoms with van der Waals surface area (Å²) < 4.78 is 11.6. The molecular weight excluding hydrogens is 342 g/mol. The van der Waals surface area contributed by atoms with Crippen molar-refractivity contribution in [3.8, 4) is 5.88 Å². The van der Waals surface area contributed by atoms with Gasteiger partial charge in [0, 0.05) is 56.9 Å². The Morgan fingerprint density at radius 2 is 2.11 bits per heavy atom. The molecule has 7 nitrogen and oxygen atoms in total. The largest absolute Gasteiger partial charge is 0.481 e. The second-order valence-corrected chi connectivity index (χ2v) is 7.52. The number of anilines is 1. The molecule has 144 valence electrons. The van der Waals surface area contributed by atoms with Crippen LogP contribution >= 0.6 is 0 Å². The molecule has 27 heavy (non-hydrogen) atoms. The number of methoxy groups -OCH3 is 1. The number of hydrogen-bond donors (Lipinski definition) is 1. The summed E-state index contributed by atoms with van der Waals surface area (Å²) in [5.41, 5.74) is 2.21. The predicted octanol–water partition coefficient (Wildman–Crippen LogP) is 2.28. The molecule has 0 aromatic carbocycles. The molecule has 2 aromatic heterocycles. The SMILES string of the molecule is COc1ncccc1CN1CC2(C1)OCC[C@@H]2CCNc1ncc(C)cn1. The van der Waals surface area contributed by atoms with E-state index in [1.165, 1.54) is 0 Å². The highest BCUT2D eigenvalue weighted by Crippen LogP contribution is 2.42. The number of rotatable bonds is 7. The van der Waals surface area contributed by atoms with Crippen LogP contribution in [0.1, 0.15) is 24.0 Å². The number of nitrogens with zero attached hydrogens (tertiary/aromatic N) is 4. The second-order valence-electron chi connectivity index (χ2n) is 7.52. The number of nitrogens with one attached hydrogen (secondary N) is 1. The van der Waals surface area contributed by atoms with Gasteiger partial charge in [-0.05, 0) is 37.3 Å². The summed E-state index contributed by atoms with van der Waals surface area (Å²) in [7, 11) is 1.67. The summed E-state index contributed by atoms with van der Waals surface area (Å²) in [6.07, 6.45) is 7.64. The molecule has 2 aliphatic rings. The maximum absolute atomic E-state index is 6.18. The van der Waals surface area contributed by atoms with Gasteiger partial charge in [0.15, 0.2) is 0 Å². The van der Waals surface area contributed by atoms with E-state index in [9.17, 15) is 0 Å². The van der Waals surface area contributed by atoms with Crippen LogP contribution < -0.4 is 10.1 Å². The molecule has 2 fully saturated rings. The Morgan fingerprint density at radius 1 is 1.30 bits per heavy atom. The molecule has 2 aliphatic heterocycles. The Bertz CT molecular complexity index is 761. The van der Waals surface area contributed by atoms with Gasteiger partial charge in [-0.3, -0.25) is 4.90 Å². The summed E-state index contributed by atoms with van der Waals surface area (Å²) in [6.45, 7) is 6.51. The molecule has 1 spiro atoms. The number of aromatic nitrogens is 3. The van der Waals surface area contributed by atoms with Gasteiger partial charge in [-0.25, -0.2) is 15.0 Å². The summed E-state index contributed by atoms with van der Waals surface area (Å²) in [6, 6.07) is 4.04. The molecule has 1 N–H and O–H groups in total. The summed E-state index contributed by atoms with van der Waals surface area (Å²) >= 11 is 0. The first-order chi connectivity index (χ1) is 13.2. The quantitative estimate of drug-likeness (QED) is 0.803. The first-order valence-electron chi connectivity index (χ1n) is 9.55. The van der Waals surface area contributed by atoms with Gasteiger partial charge in [0.1, 0.15) is 0 Å². The van der Waals surface area contributed by atoms with Crippen molar-refractivity contribution in [3.05, 3.63) is 41.9 Å². The van der Waals surface area contributed by atoms with E-state index in [1.54, 1.807) is 13.3 Å². The highest BCUT2D eigenvalue weighted by Gasteiger charge is 2.52. The first-order valence-corrected chi connectivity index (χ1v) is 9.55. The third-order valence-corrected chi connectivity index (χ3v) is 5.58. The van der Waals surface area contributed by atoms with Gasteiger partial charge >= 0.3 is 0 Å². The smallest absolute Gasteiger partial charge is 0.222 e. The highest BCUT2D eigenvalue weighted by molar-refractivity contribution is 5.26. The third-order valence-electron chi connectivity index (χ3n) is 5.58. The van der Waals surface area contributed by atoms with Gasteiger partial charge < -0.3 is 14.8 Å². The molecule has 1 atom stereocenters. The van der Waals surface area contributed by atoms with Crippen molar-refractivity contribution in [1.82, 2.24) is 19.9 Å². The molecule has 0 radical (unpaired) electrons. The zero-order valence-corrected chi connectivity index (χ0v) is 16.0. The van der Waals surface area contributed by atoms with Crippen molar-refractivity contribution >= 4 is 5.95 Å². The molecule has 4 rings (SSSR count). The monoisotopic (exact) mass is 369 g/mol. The van der Waals surface area contributed by atoms with E-state index in [2.05, 4.69) is 31.2 Å². The van der Waals surface area contributed by atoms with Crippen molar-refractivity contribution in [2.24, 2.45) is 5.92 Å². The van der Waals surface area contributed by atoms with E-state index in [0.717, 1.165) is 56.8 Å². The number of likely N-dealkylation sites (tertiary alicyclic amines) is 1. The minimum Gasteiger partial charge on any atom is -0.481 e. The Labute approximate surface area is 160 Å². The highest BCUT2D eigenvalue weighted by atomic mass is 16.5. The van der Waals surface area contributed by atoms with Crippen molar-refractivity contribution in [3.63, 3.8) is 0 Å². The van der Waals surface area contributed by atoms with Crippen LogP contribution in [0, 0.1) is 12.8 Å². The van der Waals surface area contributed by atoms with Gasteiger partial charge in [0.05, 0.1) is 12.7 Å². The van der Waals surface area contributed by atoms with E-state index in [-0.39, 0.29) is 5.60 Å². The summed E-state index contributed by atoms with van der Waals surface area (Å²) in [5.74, 6) is 1.99. The fourth-order valence-corrected chi connectivity index (χ4v) is 4.18. The number of ether oxygens (including phenoxy) is 2. The van der Waals surface area contributed by atoms with E-state index in [4.69, 9.17) is 9.47 Å². The Morgan fingerprint density at radius 3 is 2.89 bits per heavy atom. The van der Waals surface area contributed by atoms with E-state index < -0.39 is 0 Å². The first kappa shape index (κ1) is 18.1. The zero-order chi connectivity index (χ0) is 18.7. The average Bonchev–Trinajstić information content (AvgIpc) is 3.07. The lowest BCUT2D eigenvalue weighted by molar-refractivity contribution is -0.136. The van der Waals surface area contributed by atoms with Crippen LogP contribution in [0.25, 0.3) is 0 Å². The maximum Gasteiger partial charge on any atom is 0.222 e. The van der Waals surface area contributed by atoms with Crippen LogP contribution in [-0.4, -0.2) is 58.8 Å². The third kappa shape index (κ3) is 3.89. The van der Waals surface area contributed by atoms with Crippen molar-refractivity contribution in [2.45, 2.75) is 31.9 Å². The van der Waals surface area contributed by atoms with Crippen molar-refractivity contribution in [1.29, 1.82) is 0 Å². The number of hydrogen-bond acceptors (Lipinski definition) is 7. The lowest BCUT2D eigenvalue weighted by atomic mass is 9.79. The number of pyridine rings is 1. The predicted molar refractivity (Wildman–Crippen MR) is 103 cm³/mol. The van der Waals surface area contributed by atoms with E-state index in [0.29, 0.717) is 17.7 Å². The normalized spacial score (nSPS) is 21.2. The Hall–Kier alpha value is -2.25. The van der Waals surface area contributed by atoms with Crippen molar-refractivity contribution in [2.75, 3.05) is 38.7 Å². The fraction of sp³-hybridized carbons (Fsp3) is 0.550. The van der Waals surface area contributed by atoms with Gasteiger partial charge in [0.25, 0.3) is 0 Å². The van der Waals surface area contributed by atoms with Crippen LogP contribution in [-0.2, 0) is 11.3 Å². The molecule has 0 unspecified atom stereocenters. The molecule has 2 aromatic rings. The minimum absolute atomic E-state index is 0.00522. The van der Waals surface area contributed by atoms with Crippen LogP contribution in [0.2, 0.25) is 0 Å².